The number of carbonyl (C=O) groups excluding carboxylic acids is 3. The van der Waals surface area contributed by atoms with E-state index < -0.39 is 30.5 Å². The molecule has 0 heterocycles. The quantitative estimate of drug-likeness (QED) is 0.563. The lowest BCUT2D eigenvalue weighted by atomic mass is 10.2. The third kappa shape index (κ3) is 6.47. The maximum atomic E-state index is 11.9. The standard InChI is InChI=1S/C18H16Cl2N2O5/c1-11(17(24)21-22-18(25)12-5-3-2-4-6-12)27-16(23)10-26-15-8-7-13(19)9-14(15)20/h2-9,11H,10H2,1H3,(H,21,24)(H,22,25)/t11-/m0/s1. The zero-order chi connectivity index (χ0) is 19.8. The minimum absolute atomic E-state index is 0.240. The summed E-state index contributed by atoms with van der Waals surface area (Å²) in [5.74, 6) is -1.72. The molecule has 0 radical (unpaired) electrons. The van der Waals surface area contributed by atoms with E-state index in [1.54, 1.807) is 36.4 Å². The van der Waals surface area contributed by atoms with E-state index in [0.717, 1.165) is 0 Å². The van der Waals surface area contributed by atoms with Crippen molar-refractivity contribution in [1.29, 1.82) is 0 Å². The third-order valence-corrected chi connectivity index (χ3v) is 3.78. The van der Waals surface area contributed by atoms with E-state index in [0.29, 0.717) is 10.6 Å². The predicted octanol–water partition coefficient (Wildman–Crippen LogP) is 2.77. The number of ether oxygens (including phenoxy) is 2. The van der Waals surface area contributed by atoms with Crippen LogP contribution in [0.4, 0.5) is 0 Å². The van der Waals surface area contributed by atoms with Crippen molar-refractivity contribution in [2.75, 3.05) is 6.61 Å². The van der Waals surface area contributed by atoms with Gasteiger partial charge in [-0.1, -0.05) is 41.4 Å². The molecule has 2 N–H and O–H groups in total. The zero-order valence-corrected chi connectivity index (χ0v) is 15.7. The Kier molecular flexibility index (Phi) is 7.45. The van der Waals surface area contributed by atoms with E-state index in [2.05, 4.69) is 10.9 Å². The van der Waals surface area contributed by atoms with Crippen LogP contribution in [0.5, 0.6) is 5.75 Å². The summed E-state index contributed by atoms with van der Waals surface area (Å²) in [5, 5.41) is 0.669. The molecule has 0 unspecified atom stereocenters. The lowest BCUT2D eigenvalue weighted by Gasteiger charge is -2.14. The van der Waals surface area contributed by atoms with Gasteiger partial charge in [0.15, 0.2) is 12.7 Å². The number of hydrogen-bond donors (Lipinski definition) is 2. The molecule has 2 aromatic rings. The Morgan fingerprint density at radius 3 is 2.41 bits per heavy atom. The maximum absolute atomic E-state index is 11.9. The summed E-state index contributed by atoms with van der Waals surface area (Å²) >= 11 is 11.7. The van der Waals surface area contributed by atoms with Crippen molar-refractivity contribution in [2.24, 2.45) is 0 Å². The Balaban J connectivity index is 1.76. The van der Waals surface area contributed by atoms with Crippen LogP contribution in [0.15, 0.2) is 48.5 Å². The number of hydrogen-bond acceptors (Lipinski definition) is 5. The molecule has 0 bridgehead atoms. The van der Waals surface area contributed by atoms with Crippen LogP contribution in [0.1, 0.15) is 17.3 Å². The lowest BCUT2D eigenvalue weighted by molar-refractivity contribution is -0.156. The molecule has 1 atom stereocenters. The highest BCUT2D eigenvalue weighted by Crippen LogP contribution is 2.27. The first kappa shape index (κ1) is 20.5. The first-order valence-corrected chi connectivity index (χ1v) is 8.55. The minimum Gasteiger partial charge on any atom is -0.480 e. The van der Waals surface area contributed by atoms with Crippen LogP contribution in [-0.4, -0.2) is 30.5 Å². The summed E-state index contributed by atoms with van der Waals surface area (Å²) in [4.78, 5) is 35.5. The summed E-state index contributed by atoms with van der Waals surface area (Å²) in [6.45, 7) is 0.909. The van der Waals surface area contributed by atoms with Gasteiger partial charge in [-0.2, -0.15) is 0 Å². The number of rotatable bonds is 6. The largest absolute Gasteiger partial charge is 0.480 e. The molecule has 142 valence electrons. The molecule has 2 amide bonds. The molecule has 7 nitrogen and oxygen atoms in total. The van der Waals surface area contributed by atoms with Gasteiger partial charge < -0.3 is 9.47 Å². The van der Waals surface area contributed by atoms with Gasteiger partial charge in [-0.25, -0.2) is 4.79 Å². The van der Waals surface area contributed by atoms with Crippen molar-refractivity contribution in [2.45, 2.75) is 13.0 Å². The van der Waals surface area contributed by atoms with Crippen molar-refractivity contribution < 1.29 is 23.9 Å². The Morgan fingerprint density at radius 1 is 1.04 bits per heavy atom. The van der Waals surface area contributed by atoms with Crippen molar-refractivity contribution in [3.05, 3.63) is 64.1 Å². The van der Waals surface area contributed by atoms with Gasteiger partial charge in [0, 0.05) is 10.6 Å². The molecule has 0 fully saturated rings. The number of hydrazine groups is 1. The Morgan fingerprint density at radius 2 is 1.74 bits per heavy atom. The maximum Gasteiger partial charge on any atom is 0.344 e. The summed E-state index contributed by atoms with van der Waals surface area (Å²) in [7, 11) is 0. The van der Waals surface area contributed by atoms with Gasteiger partial charge in [0.1, 0.15) is 5.75 Å². The molecule has 2 rings (SSSR count). The Labute approximate surface area is 165 Å². The lowest BCUT2D eigenvalue weighted by Crippen LogP contribution is -2.47. The normalized spacial score (nSPS) is 11.2. The van der Waals surface area contributed by atoms with Gasteiger partial charge in [0.2, 0.25) is 0 Å². The van der Waals surface area contributed by atoms with Gasteiger partial charge in [-0.05, 0) is 37.3 Å². The number of halogens is 2. The van der Waals surface area contributed by atoms with E-state index in [4.69, 9.17) is 32.7 Å². The monoisotopic (exact) mass is 410 g/mol. The van der Waals surface area contributed by atoms with Crippen LogP contribution in [0.3, 0.4) is 0 Å². The molecule has 0 aliphatic heterocycles. The highest BCUT2D eigenvalue weighted by molar-refractivity contribution is 6.35. The van der Waals surface area contributed by atoms with E-state index in [9.17, 15) is 14.4 Å². The zero-order valence-electron chi connectivity index (χ0n) is 14.2. The highest BCUT2D eigenvalue weighted by atomic mass is 35.5. The van der Waals surface area contributed by atoms with Crippen LogP contribution in [-0.2, 0) is 14.3 Å². The first-order chi connectivity index (χ1) is 12.9. The number of nitrogens with one attached hydrogen (secondary N) is 2. The highest BCUT2D eigenvalue weighted by Gasteiger charge is 2.19. The second-order valence-electron chi connectivity index (χ2n) is 5.30. The molecular weight excluding hydrogens is 395 g/mol. The summed E-state index contributed by atoms with van der Waals surface area (Å²) in [6.07, 6.45) is -1.14. The predicted molar refractivity (Wildman–Crippen MR) is 99.6 cm³/mol. The van der Waals surface area contributed by atoms with Crippen molar-refractivity contribution >= 4 is 41.0 Å². The molecule has 0 spiro atoms. The van der Waals surface area contributed by atoms with Crippen LogP contribution < -0.4 is 15.6 Å². The molecule has 0 saturated heterocycles. The van der Waals surface area contributed by atoms with Crippen molar-refractivity contribution in [3.8, 4) is 5.75 Å². The number of benzene rings is 2. The smallest absolute Gasteiger partial charge is 0.344 e. The fraction of sp³-hybridized carbons (Fsp3) is 0.167. The average molecular weight is 411 g/mol. The molecule has 27 heavy (non-hydrogen) atoms. The van der Waals surface area contributed by atoms with Gasteiger partial charge in [0.25, 0.3) is 11.8 Å². The molecule has 9 heteroatoms. The van der Waals surface area contributed by atoms with Crippen LogP contribution in [0.25, 0.3) is 0 Å². The molecule has 0 aromatic heterocycles. The average Bonchev–Trinajstić information content (AvgIpc) is 2.65. The SMILES string of the molecule is C[C@H](OC(=O)COc1ccc(Cl)cc1Cl)C(=O)NNC(=O)c1ccccc1. The summed E-state index contributed by atoms with van der Waals surface area (Å²) in [6, 6.07) is 12.8. The van der Waals surface area contributed by atoms with E-state index in [1.165, 1.54) is 19.1 Å². The Bertz CT molecular complexity index is 830. The second-order valence-corrected chi connectivity index (χ2v) is 6.15. The number of amides is 2. The van der Waals surface area contributed by atoms with E-state index in [1.807, 2.05) is 0 Å². The van der Waals surface area contributed by atoms with Gasteiger partial charge >= 0.3 is 5.97 Å². The fourth-order valence-corrected chi connectivity index (χ4v) is 2.36. The van der Waals surface area contributed by atoms with Crippen LogP contribution in [0, 0.1) is 0 Å². The van der Waals surface area contributed by atoms with Crippen molar-refractivity contribution in [1.82, 2.24) is 10.9 Å². The molecule has 0 saturated carbocycles. The second kappa shape index (κ2) is 9.80. The van der Waals surface area contributed by atoms with Crippen LogP contribution >= 0.6 is 23.2 Å². The molecule has 0 aliphatic carbocycles. The number of carbonyl (C=O) groups is 3. The van der Waals surface area contributed by atoms with Gasteiger partial charge in [-0.15, -0.1) is 0 Å². The third-order valence-electron chi connectivity index (χ3n) is 3.25. The van der Waals surface area contributed by atoms with E-state index in [-0.39, 0.29) is 10.8 Å². The molecule has 0 aliphatic rings. The Hall–Kier alpha value is -2.77. The topological polar surface area (TPSA) is 93.7 Å². The first-order valence-electron chi connectivity index (χ1n) is 7.79. The van der Waals surface area contributed by atoms with Gasteiger partial charge in [-0.3, -0.25) is 20.4 Å². The van der Waals surface area contributed by atoms with Crippen molar-refractivity contribution in [3.63, 3.8) is 0 Å². The molecular formula is C18H16Cl2N2O5. The van der Waals surface area contributed by atoms with Gasteiger partial charge in [0.05, 0.1) is 5.02 Å². The minimum atomic E-state index is -1.14. The summed E-state index contributed by atoms with van der Waals surface area (Å²) in [5.41, 5.74) is 4.79. The summed E-state index contributed by atoms with van der Waals surface area (Å²) < 4.78 is 10.2. The number of esters is 1. The van der Waals surface area contributed by atoms with E-state index >= 15 is 0 Å². The molecule has 2 aromatic carbocycles. The van der Waals surface area contributed by atoms with Crippen LogP contribution in [0.2, 0.25) is 10.0 Å². The fourth-order valence-electron chi connectivity index (χ4n) is 1.90.